The van der Waals surface area contributed by atoms with Crippen molar-refractivity contribution in [3.8, 4) is 5.75 Å². The summed E-state index contributed by atoms with van der Waals surface area (Å²) < 4.78 is 11.3. The standard InChI is InChI=1S/C18H12Cl2N2O2/c1-23-16-4-2-3-11-12-7-10(5-6-15(12)24-18(11)16)22-17-13(19)8-21-9-14(17)20/h2-9H,1H3,(H,21,22). The van der Waals surface area contributed by atoms with Crippen molar-refractivity contribution in [3.05, 3.63) is 58.8 Å². The Morgan fingerprint density at radius 1 is 1.04 bits per heavy atom. The number of halogens is 2. The van der Waals surface area contributed by atoms with Gasteiger partial charge in [0.15, 0.2) is 11.3 Å². The van der Waals surface area contributed by atoms with Gasteiger partial charge >= 0.3 is 0 Å². The average Bonchev–Trinajstić information content (AvgIpc) is 2.96. The second-order valence-electron chi connectivity index (χ2n) is 5.25. The summed E-state index contributed by atoms with van der Waals surface area (Å²) in [6, 6.07) is 11.6. The fourth-order valence-electron chi connectivity index (χ4n) is 2.69. The lowest BCUT2D eigenvalue weighted by Gasteiger charge is -2.09. The van der Waals surface area contributed by atoms with Gasteiger partial charge in [-0.05, 0) is 24.3 Å². The SMILES string of the molecule is COc1cccc2c1oc1ccc(Nc3c(Cl)cncc3Cl)cc12. The van der Waals surface area contributed by atoms with Crippen LogP contribution in [0.4, 0.5) is 11.4 Å². The molecule has 0 spiro atoms. The molecule has 0 aliphatic heterocycles. The number of pyridine rings is 1. The van der Waals surface area contributed by atoms with Crippen LogP contribution < -0.4 is 10.1 Å². The maximum absolute atomic E-state index is 6.17. The lowest BCUT2D eigenvalue weighted by atomic mass is 10.1. The molecule has 0 atom stereocenters. The molecule has 0 saturated heterocycles. The third kappa shape index (κ3) is 2.44. The molecule has 4 aromatic rings. The van der Waals surface area contributed by atoms with Crippen molar-refractivity contribution in [1.29, 1.82) is 0 Å². The van der Waals surface area contributed by atoms with Crippen LogP contribution in [0.25, 0.3) is 21.9 Å². The van der Waals surface area contributed by atoms with Crippen molar-refractivity contribution in [1.82, 2.24) is 4.98 Å². The topological polar surface area (TPSA) is 47.3 Å². The molecule has 2 aromatic carbocycles. The summed E-state index contributed by atoms with van der Waals surface area (Å²) in [6.45, 7) is 0. The number of furan rings is 1. The van der Waals surface area contributed by atoms with E-state index in [0.717, 1.165) is 27.6 Å². The van der Waals surface area contributed by atoms with Gasteiger partial charge in [-0.2, -0.15) is 0 Å². The van der Waals surface area contributed by atoms with Crippen LogP contribution in [0, 0.1) is 0 Å². The zero-order valence-electron chi connectivity index (χ0n) is 12.6. The number of hydrogen-bond acceptors (Lipinski definition) is 4. The Balaban J connectivity index is 1.85. The molecule has 2 aromatic heterocycles. The summed E-state index contributed by atoms with van der Waals surface area (Å²) in [4.78, 5) is 3.95. The van der Waals surface area contributed by atoms with Crippen LogP contribution in [0.15, 0.2) is 53.2 Å². The molecule has 0 aliphatic carbocycles. The molecular weight excluding hydrogens is 347 g/mol. The number of nitrogens with one attached hydrogen (secondary N) is 1. The van der Waals surface area contributed by atoms with Crippen molar-refractivity contribution in [2.75, 3.05) is 12.4 Å². The van der Waals surface area contributed by atoms with E-state index >= 15 is 0 Å². The van der Waals surface area contributed by atoms with Crippen molar-refractivity contribution in [2.24, 2.45) is 0 Å². The van der Waals surface area contributed by atoms with E-state index in [9.17, 15) is 0 Å². The number of ether oxygens (including phenoxy) is 1. The lowest BCUT2D eigenvalue weighted by molar-refractivity contribution is 0.412. The Morgan fingerprint density at radius 3 is 2.58 bits per heavy atom. The maximum Gasteiger partial charge on any atom is 0.177 e. The molecular formula is C18H12Cl2N2O2. The number of methoxy groups -OCH3 is 1. The third-order valence-electron chi connectivity index (χ3n) is 3.80. The summed E-state index contributed by atoms with van der Waals surface area (Å²) in [7, 11) is 1.63. The molecule has 6 heteroatoms. The molecule has 4 nitrogen and oxygen atoms in total. The zero-order chi connectivity index (χ0) is 16.7. The number of anilines is 2. The van der Waals surface area contributed by atoms with E-state index in [-0.39, 0.29) is 0 Å². The second kappa shape index (κ2) is 5.89. The number of aromatic nitrogens is 1. The summed E-state index contributed by atoms with van der Waals surface area (Å²) in [5.41, 5.74) is 2.99. The van der Waals surface area contributed by atoms with E-state index in [2.05, 4.69) is 10.3 Å². The van der Waals surface area contributed by atoms with Crippen LogP contribution in [0.5, 0.6) is 5.75 Å². The van der Waals surface area contributed by atoms with Crippen LogP contribution in [0.1, 0.15) is 0 Å². The Morgan fingerprint density at radius 2 is 1.83 bits per heavy atom. The molecule has 0 amide bonds. The van der Waals surface area contributed by atoms with E-state index in [0.29, 0.717) is 21.5 Å². The number of para-hydroxylation sites is 1. The minimum Gasteiger partial charge on any atom is -0.493 e. The highest BCUT2D eigenvalue weighted by Gasteiger charge is 2.12. The van der Waals surface area contributed by atoms with Crippen LogP contribution in [0.3, 0.4) is 0 Å². The Bertz CT molecular complexity index is 1040. The number of nitrogens with zero attached hydrogens (tertiary/aromatic N) is 1. The first kappa shape index (κ1) is 15.1. The van der Waals surface area contributed by atoms with Gasteiger partial charge < -0.3 is 14.5 Å². The number of benzene rings is 2. The molecule has 24 heavy (non-hydrogen) atoms. The second-order valence-corrected chi connectivity index (χ2v) is 6.07. The first-order valence-electron chi connectivity index (χ1n) is 7.22. The lowest BCUT2D eigenvalue weighted by Crippen LogP contribution is -1.93. The van der Waals surface area contributed by atoms with E-state index in [1.807, 2.05) is 36.4 Å². The number of rotatable bonds is 3. The molecule has 1 N–H and O–H groups in total. The van der Waals surface area contributed by atoms with Gasteiger partial charge in [0.2, 0.25) is 0 Å². The van der Waals surface area contributed by atoms with Gasteiger partial charge in [0, 0.05) is 28.9 Å². The van der Waals surface area contributed by atoms with Gasteiger partial charge in [-0.3, -0.25) is 4.98 Å². The molecule has 2 heterocycles. The summed E-state index contributed by atoms with van der Waals surface area (Å²) in [5, 5.41) is 6.13. The third-order valence-corrected chi connectivity index (χ3v) is 4.38. The Kier molecular flexibility index (Phi) is 3.71. The van der Waals surface area contributed by atoms with Crippen molar-refractivity contribution >= 4 is 56.5 Å². The maximum atomic E-state index is 6.17. The van der Waals surface area contributed by atoms with Crippen molar-refractivity contribution in [3.63, 3.8) is 0 Å². The van der Waals surface area contributed by atoms with Gasteiger partial charge in [0.25, 0.3) is 0 Å². The van der Waals surface area contributed by atoms with E-state index < -0.39 is 0 Å². The smallest absolute Gasteiger partial charge is 0.177 e. The largest absolute Gasteiger partial charge is 0.493 e. The van der Waals surface area contributed by atoms with Crippen LogP contribution in [-0.2, 0) is 0 Å². The fraction of sp³-hybridized carbons (Fsp3) is 0.0556. The van der Waals surface area contributed by atoms with Gasteiger partial charge in [-0.15, -0.1) is 0 Å². The molecule has 0 saturated carbocycles. The Labute approximate surface area is 148 Å². The normalized spacial score (nSPS) is 11.1. The zero-order valence-corrected chi connectivity index (χ0v) is 14.2. The molecule has 0 fully saturated rings. The minimum atomic E-state index is 0.460. The number of hydrogen-bond donors (Lipinski definition) is 1. The molecule has 0 bridgehead atoms. The van der Waals surface area contributed by atoms with E-state index in [1.54, 1.807) is 19.5 Å². The quantitative estimate of drug-likeness (QED) is 0.484. The highest BCUT2D eigenvalue weighted by Crippen LogP contribution is 2.37. The predicted molar refractivity (Wildman–Crippen MR) is 97.8 cm³/mol. The van der Waals surface area contributed by atoms with E-state index in [4.69, 9.17) is 32.4 Å². The number of fused-ring (bicyclic) bond motifs is 3. The van der Waals surface area contributed by atoms with Crippen LogP contribution in [0.2, 0.25) is 10.0 Å². The van der Waals surface area contributed by atoms with E-state index in [1.165, 1.54) is 0 Å². The molecule has 0 unspecified atom stereocenters. The monoisotopic (exact) mass is 358 g/mol. The van der Waals surface area contributed by atoms with Crippen molar-refractivity contribution in [2.45, 2.75) is 0 Å². The summed E-state index contributed by atoms with van der Waals surface area (Å²) >= 11 is 12.3. The van der Waals surface area contributed by atoms with Crippen LogP contribution >= 0.6 is 23.2 Å². The summed E-state index contributed by atoms with van der Waals surface area (Å²) in [6.07, 6.45) is 3.10. The highest BCUT2D eigenvalue weighted by molar-refractivity contribution is 6.39. The minimum absolute atomic E-state index is 0.460. The average molecular weight is 359 g/mol. The molecule has 4 rings (SSSR count). The van der Waals surface area contributed by atoms with Gasteiger partial charge in [0.05, 0.1) is 22.8 Å². The molecule has 0 radical (unpaired) electrons. The molecule has 0 aliphatic rings. The summed E-state index contributed by atoms with van der Waals surface area (Å²) in [5.74, 6) is 0.707. The van der Waals surface area contributed by atoms with Crippen LogP contribution in [-0.4, -0.2) is 12.1 Å². The Hall–Kier alpha value is -2.43. The fourth-order valence-corrected chi connectivity index (χ4v) is 3.15. The highest BCUT2D eigenvalue weighted by atomic mass is 35.5. The van der Waals surface area contributed by atoms with Crippen molar-refractivity contribution < 1.29 is 9.15 Å². The van der Waals surface area contributed by atoms with Gasteiger partial charge in [0.1, 0.15) is 5.58 Å². The first-order chi connectivity index (χ1) is 11.7. The molecule has 120 valence electrons. The predicted octanol–water partition coefficient (Wildman–Crippen LogP) is 6.04. The van der Waals surface area contributed by atoms with Gasteiger partial charge in [-0.1, -0.05) is 35.3 Å². The first-order valence-corrected chi connectivity index (χ1v) is 7.98. The van der Waals surface area contributed by atoms with Gasteiger partial charge in [-0.25, -0.2) is 0 Å².